The molecule has 0 spiro atoms. The molecule has 0 saturated heterocycles. The Morgan fingerprint density at radius 3 is 3.08 bits per heavy atom. The van der Waals surface area contributed by atoms with E-state index in [1.165, 1.54) is 13.3 Å². The monoisotopic (exact) mass is 168 g/mol. The normalized spacial score (nSPS) is 9.83. The third kappa shape index (κ3) is 1.64. The van der Waals surface area contributed by atoms with Gasteiger partial charge in [-0.3, -0.25) is 4.79 Å². The molecule has 0 unspecified atom stereocenters. The number of aromatic nitrogens is 2. The van der Waals surface area contributed by atoms with Gasteiger partial charge in [-0.15, -0.1) is 0 Å². The van der Waals surface area contributed by atoms with E-state index in [0.717, 1.165) is 6.42 Å². The zero-order valence-corrected chi connectivity index (χ0v) is 7.26. The average Bonchev–Trinajstić information content (AvgIpc) is 2.51. The summed E-state index contributed by atoms with van der Waals surface area (Å²) in [6.07, 6.45) is 2.87. The van der Waals surface area contributed by atoms with Gasteiger partial charge < -0.3 is 4.74 Å². The third-order valence-electron chi connectivity index (χ3n) is 1.59. The van der Waals surface area contributed by atoms with Crippen LogP contribution in [-0.4, -0.2) is 23.1 Å². The minimum atomic E-state index is 0.0723. The Kier molecular flexibility index (Phi) is 2.85. The van der Waals surface area contributed by atoms with E-state index < -0.39 is 0 Å². The number of nitrogens with zero attached hydrogens (tertiary/aromatic N) is 1. The number of carbonyl (C=O) groups is 1. The number of ketones is 1. The van der Waals surface area contributed by atoms with Crippen molar-refractivity contribution in [2.45, 2.75) is 19.8 Å². The van der Waals surface area contributed by atoms with Crippen molar-refractivity contribution >= 4 is 5.78 Å². The summed E-state index contributed by atoms with van der Waals surface area (Å²) in [6.45, 7) is 1.96. The number of nitrogens with one attached hydrogen (secondary N) is 1. The first-order chi connectivity index (χ1) is 5.79. The molecular formula is C8H12N2O2. The summed E-state index contributed by atoms with van der Waals surface area (Å²) in [5.74, 6) is 0.525. The van der Waals surface area contributed by atoms with Crippen LogP contribution < -0.4 is 4.74 Å². The third-order valence-corrected chi connectivity index (χ3v) is 1.59. The van der Waals surface area contributed by atoms with E-state index in [1.807, 2.05) is 6.92 Å². The van der Waals surface area contributed by atoms with Crippen molar-refractivity contribution < 1.29 is 9.53 Å². The second kappa shape index (κ2) is 3.90. The van der Waals surface area contributed by atoms with Crippen molar-refractivity contribution in [2.24, 2.45) is 0 Å². The van der Waals surface area contributed by atoms with Gasteiger partial charge in [0.2, 0.25) is 5.88 Å². The SMILES string of the molecule is CCCC(=O)c1cn[nH]c1OC. The summed E-state index contributed by atoms with van der Waals surface area (Å²) >= 11 is 0. The number of aromatic amines is 1. The number of ether oxygens (including phenoxy) is 1. The minimum absolute atomic E-state index is 0.0723. The van der Waals surface area contributed by atoms with Crippen LogP contribution in [0.4, 0.5) is 0 Å². The van der Waals surface area contributed by atoms with E-state index in [-0.39, 0.29) is 5.78 Å². The highest BCUT2D eigenvalue weighted by molar-refractivity contribution is 5.97. The molecule has 1 heterocycles. The Bertz CT molecular complexity index is 268. The molecule has 0 aliphatic rings. The molecule has 1 aromatic heterocycles. The highest BCUT2D eigenvalue weighted by Gasteiger charge is 2.12. The first kappa shape index (κ1) is 8.77. The van der Waals surface area contributed by atoms with Gasteiger partial charge in [0.05, 0.1) is 18.9 Å². The second-order valence-electron chi connectivity index (χ2n) is 2.49. The molecule has 0 amide bonds. The van der Waals surface area contributed by atoms with Crippen molar-refractivity contribution in [3.05, 3.63) is 11.8 Å². The van der Waals surface area contributed by atoms with Crippen LogP contribution in [0.2, 0.25) is 0 Å². The van der Waals surface area contributed by atoms with E-state index in [0.29, 0.717) is 17.9 Å². The average molecular weight is 168 g/mol. The Hall–Kier alpha value is -1.32. The van der Waals surface area contributed by atoms with Crippen LogP contribution in [0.3, 0.4) is 0 Å². The molecule has 0 fully saturated rings. The molecule has 4 nitrogen and oxygen atoms in total. The first-order valence-electron chi connectivity index (χ1n) is 3.90. The van der Waals surface area contributed by atoms with Gasteiger partial charge in [0, 0.05) is 6.42 Å². The Labute approximate surface area is 70.9 Å². The van der Waals surface area contributed by atoms with Crippen LogP contribution in [0.25, 0.3) is 0 Å². The van der Waals surface area contributed by atoms with Gasteiger partial charge in [-0.05, 0) is 6.42 Å². The Morgan fingerprint density at radius 1 is 1.75 bits per heavy atom. The lowest BCUT2D eigenvalue weighted by Crippen LogP contribution is -1.99. The highest BCUT2D eigenvalue weighted by Crippen LogP contribution is 2.15. The fourth-order valence-corrected chi connectivity index (χ4v) is 0.990. The van der Waals surface area contributed by atoms with Crippen LogP contribution in [0.5, 0.6) is 5.88 Å². The van der Waals surface area contributed by atoms with Crippen molar-refractivity contribution in [1.29, 1.82) is 0 Å². The zero-order chi connectivity index (χ0) is 8.97. The van der Waals surface area contributed by atoms with Crippen LogP contribution in [-0.2, 0) is 0 Å². The molecule has 0 aromatic carbocycles. The van der Waals surface area contributed by atoms with E-state index >= 15 is 0 Å². The van der Waals surface area contributed by atoms with Crippen molar-refractivity contribution in [1.82, 2.24) is 10.2 Å². The van der Waals surface area contributed by atoms with Crippen molar-refractivity contribution in [2.75, 3.05) is 7.11 Å². The molecule has 0 radical (unpaired) electrons. The molecule has 1 aromatic rings. The molecule has 66 valence electrons. The first-order valence-corrected chi connectivity index (χ1v) is 3.90. The lowest BCUT2D eigenvalue weighted by Gasteiger charge is -1.98. The highest BCUT2D eigenvalue weighted by atomic mass is 16.5. The standard InChI is InChI=1S/C8H12N2O2/c1-3-4-7(11)6-5-9-10-8(6)12-2/h5H,3-4H2,1-2H3,(H,9,10). The number of hydrogen-bond acceptors (Lipinski definition) is 3. The molecule has 0 saturated carbocycles. The molecule has 1 N–H and O–H groups in total. The second-order valence-corrected chi connectivity index (χ2v) is 2.49. The maximum atomic E-state index is 11.3. The van der Waals surface area contributed by atoms with E-state index in [1.54, 1.807) is 0 Å². The van der Waals surface area contributed by atoms with Crippen molar-refractivity contribution in [3.8, 4) is 5.88 Å². The number of rotatable bonds is 4. The number of H-pyrrole nitrogens is 1. The molecule has 4 heteroatoms. The molecule has 1 rings (SSSR count). The number of carbonyl (C=O) groups excluding carboxylic acids is 1. The lowest BCUT2D eigenvalue weighted by atomic mass is 10.1. The summed E-state index contributed by atoms with van der Waals surface area (Å²) in [4.78, 5) is 11.3. The van der Waals surface area contributed by atoms with Crippen LogP contribution in [0, 0.1) is 0 Å². The lowest BCUT2D eigenvalue weighted by molar-refractivity contribution is 0.0979. The fraction of sp³-hybridized carbons (Fsp3) is 0.500. The molecule has 12 heavy (non-hydrogen) atoms. The van der Waals surface area contributed by atoms with Gasteiger partial charge in [0.25, 0.3) is 0 Å². The molecular weight excluding hydrogens is 156 g/mol. The largest absolute Gasteiger partial charge is 0.481 e. The summed E-state index contributed by atoms with van der Waals surface area (Å²) in [5, 5.41) is 6.33. The smallest absolute Gasteiger partial charge is 0.219 e. The minimum Gasteiger partial charge on any atom is -0.481 e. The van der Waals surface area contributed by atoms with Gasteiger partial charge in [-0.1, -0.05) is 6.92 Å². The van der Waals surface area contributed by atoms with Crippen molar-refractivity contribution in [3.63, 3.8) is 0 Å². The molecule has 0 bridgehead atoms. The quantitative estimate of drug-likeness (QED) is 0.691. The maximum absolute atomic E-state index is 11.3. The van der Waals surface area contributed by atoms with Gasteiger partial charge in [-0.25, -0.2) is 5.10 Å². The van der Waals surface area contributed by atoms with Gasteiger partial charge in [0.15, 0.2) is 5.78 Å². The summed E-state index contributed by atoms with van der Waals surface area (Å²) < 4.78 is 4.91. The summed E-state index contributed by atoms with van der Waals surface area (Å²) in [6, 6.07) is 0. The van der Waals surface area contributed by atoms with Crippen LogP contribution in [0.15, 0.2) is 6.20 Å². The van der Waals surface area contributed by atoms with Gasteiger partial charge >= 0.3 is 0 Å². The fourth-order valence-electron chi connectivity index (χ4n) is 0.990. The predicted molar refractivity (Wildman–Crippen MR) is 44.4 cm³/mol. The molecule has 0 atom stereocenters. The topological polar surface area (TPSA) is 55.0 Å². The predicted octanol–water partition coefficient (Wildman–Crippen LogP) is 1.40. The number of Topliss-reactive ketones (excluding diaryl/α,β-unsaturated/α-hetero) is 1. The number of hydrogen-bond donors (Lipinski definition) is 1. The zero-order valence-electron chi connectivity index (χ0n) is 7.26. The van der Waals surface area contributed by atoms with Crippen LogP contribution >= 0.6 is 0 Å². The Morgan fingerprint density at radius 2 is 2.50 bits per heavy atom. The Balaban J connectivity index is 2.79. The van der Waals surface area contributed by atoms with Gasteiger partial charge in [-0.2, -0.15) is 5.10 Å². The molecule has 0 aliphatic carbocycles. The van der Waals surface area contributed by atoms with E-state index in [2.05, 4.69) is 10.2 Å². The summed E-state index contributed by atoms with van der Waals surface area (Å²) in [7, 11) is 1.51. The van der Waals surface area contributed by atoms with Gasteiger partial charge in [0.1, 0.15) is 0 Å². The summed E-state index contributed by atoms with van der Waals surface area (Å²) in [5.41, 5.74) is 0.541. The molecule has 0 aliphatic heterocycles. The maximum Gasteiger partial charge on any atom is 0.219 e. The number of methoxy groups -OCH3 is 1. The van der Waals surface area contributed by atoms with E-state index in [4.69, 9.17) is 4.74 Å². The van der Waals surface area contributed by atoms with E-state index in [9.17, 15) is 4.79 Å². The van der Waals surface area contributed by atoms with Crippen LogP contribution in [0.1, 0.15) is 30.1 Å².